The Kier molecular flexibility index (Phi) is 4.70. The lowest BCUT2D eigenvalue weighted by Gasteiger charge is -2.31. The Morgan fingerprint density at radius 3 is 2.74 bits per heavy atom. The van der Waals surface area contributed by atoms with Gasteiger partial charge in [0.15, 0.2) is 5.82 Å². The van der Waals surface area contributed by atoms with Crippen molar-refractivity contribution in [2.75, 3.05) is 0 Å². The van der Waals surface area contributed by atoms with Crippen molar-refractivity contribution in [1.82, 2.24) is 19.5 Å². The third kappa shape index (κ3) is 3.60. The van der Waals surface area contributed by atoms with E-state index >= 15 is 0 Å². The van der Waals surface area contributed by atoms with Crippen LogP contribution in [0.4, 0.5) is 0 Å². The normalized spacial score (nSPS) is 18.6. The summed E-state index contributed by atoms with van der Waals surface area (Å²) in [6.07, 6.45) is 6.32. The van der Waals surface area contributed by atoms with Gasteiger partial charge in [0.05, 0.1) is 21.9 Å². The van der Waals surface area contributed by atoms with Crippen LogP contribution in [0.1, 0.15) is 18.4 Å². The van der Waals surface area contributed by atoms with Gasteiger partial charge in [0.25, 0.3) is 0 Å². The average Bonchev–Trinajstić information content (AvgIpc) is 3.12. The van der Waals surface area contributed by atoms with Crippen LogP contribution in [0.25, 0.3) is 17.1 Å². The first-order valence-corrected chi connectivity index (χ1v) is 8.98. The molecule has 3 aromatic rings. The molecule has 0 saturated heterocycles. The van der Waals surface area contributed by atoms with E-state index in [-0.39, 0.29) is 18.2 Å². The second-order valence-electron chi connectivity index (χ2n) is 6.27. The molecule has 27 heavy (non-hydrogen) atoms. The minimum atomic E-state index is 0.00958. The van der Waals surface area contributed by atoms with Crippen molar-refractivity contribution in [3.05, 3.63) is 52.5 Å². The molecule has 2 heterocycles. The van der Waals surface area contributed by atoms with Crippen LogP contribution in [0.2, 0.25) is 10.0 Å². The second-order valence-corrected chi connectivity index (χ2v) is 7.08. The van der Waals surface area contributed by atoms with Gasteiger partial charge in [-0.2, -0.15) is 10.2 Å². The Labute approximate surface area is 165 Å². The van der Waals surface area contributed by atoms with Crippen LogP contribution in [0.5, 0.6) is 6.01 Å². The van der Waals surface area contributed by atoms with Gasteiger partial charge in [0, 0.05) is 17.8 Å². The largest absolute Gasteiger partial charge is 0.460 e. The summed E-state index contributed by atoms with van der Waals surface area (Å²) >= 11 is 12.0. The SMILES string of the molecule is N#Cc1cnc(OC2CC(N)C2)nc1-n1cnc(-c2ccc(Cl)c(Cl)c2)c1. The highest BCUT2D eigenvalue weighted by Gasteiger charge is 2.28. The fourth-order valence-corrected chi connectivity index (χ4v) is 3.08. The van der Waals surface area contributed by atoms with Crippen molar-refractivity contribution < 1.29 is 4.74 Å². The number of nitrogens with zero attached hydrogens (tertiary/aromatic N) is 5. The number of benzene rings is 1. The monoisotopic (exact) mass is 400 g/mol. The van der Waals surface area contributed by atoms with Crippen molar-refractivity contribution in [2.24, 2.45) is 5.73 Å². The third-order valence-electron chi connectivity index (χ3n) is 4.31. The summed E-state index contributed by atoms with van der Waals surface area (Å²) < 4.78 is 7.38. The zero-order valence-corrected chi connectivity index (χ0v) is 15.5. The maximum absolute atomic E-state index is 9.38. The Bertz CT molecular complexity index is 1040. The Balaban J connectivity index is 1.65. The molecule has 0 aliphatic heterocycles. The molecule has 2 aromatic heterocycles. The summed E-state index contributed by atoms with van der Waals surface area (Å²) in [6, 6.07) is 7.72. The summed E-state index contributed by atoms with van der Waals surface area (Å²) in [5.74, 6) is 0.393. The maximum Gasteiger partial charge on any atom is 0.318 e. The molecule has 0 atom stereocenters. The van der Waals surface area contributed by atoms with Gasteiger partial charge < -0.3 is 10.5 Å². The molecule has 9 heteroatoms. The molecule has 136 valence electrons. The molecule has 4 rings (SSSR count). The predicted molar refractivity (Wildman–Crippen MR) is 101 cm³/mol. The molecule has 0 bridgehead atoms. The quantitative estimate of drug-likeness (QED) is 0.719. The molecule has 1 aliphatic carbocycles. The molecule has 0 amide bonds. The van der Waals surface area contributed by atoms with E-state index in [1.54, 1.807) is 29.2 Å². The molecule has 7 nitrogen and oxygen atoms in total. The lowest BCUT2D eigenvalue weighted by atomic mass is 9.90. The van der Waals surface area contributed by atoms with E-state index in [9.17, 15) is 5.26 Å². The summed E-state index contributed by atoms with van der Waals surface area (Å²) in [7, 11) is 0. The fourth-order valence-electron chi connectivity index (χ4n) is 2.78. The van der Waals surface area contributed by atoms with Crippen molar-refractivity contribution in [3.63, 3.8) is 0 Å². The van der Waals surface area contributed by atoms with Crippen LogP contribution in [-0.4, -0.2) is 31.7 Å². The number of nitrogens with two attached hydrogens (primary N) is 1. The first-order chi connectivity index (χ1) is 13.0. The zero-order chi connectivity index (χ0) is 19.0. The molecular formula is C18H14Cl2N6O. The van der Waals surface area contributed by atoms with Gasteiger partial charge in [0.2, 0.25) is 0 Å². The van der Waals surface area contributed by atoms with Crippen LogP contribution >= 0.6 is 23.2 Å². The van der Waals surface area contributed by atoms with Gasteiger partial charge in [-0.25, -0.2) is 9.97 Å². The number of imidazole rings is 1. The van der Waals surface area contributed by atoms with Crippen LogP contribution in [0.3, 0.4) is 0 Å². The zero-order valence-electron chi connectivity index (χ0n) is 14.0. The average molecular weight is 401 g/mol. The Morgan fingerprint density at radius 2 is 2.04 bits per heavy atom. The highest BCUT2D eigenvalue weighted by Crippen LogP contribution is 2.28. The smallest absolute Gasteiger partial charge is 0.318 e. The number of nitriles is 1. The van der Waals surface area contributed by atoms with Crippen LogP contribution in [0.15, 0.2) is 36.9 Å². The molecule has 1 aromatic carbocycles. The molecule has 0 radical (unpaired) electrons. The van der Waals surface area contributed by atoms with Gasteiger partial charge in [-0.1, -0.05) is 29.3 Å². The van der Waals surface area contributed by atoms with E-state index in [0.717, 1.165) is 18.4 Å². The standard InChI is InChI=1S/C18H14Cl2N6O/c19-14-2-1-10(3-15(14)20)16-8-26(9-24-16)17-11(6-21)7-23-18(25-17)27-13-4-12(22)5-13/h1-3,7-9,12-13H,4-5,22H2. The lowest BCUT2D eigenvalue weighted by Crippen LogP contribution is -2.43. The van der Waals surface area contributed by atoms with E-state index in [1.165, 1.54) is 6.20 Å². The third-order valence-corrected chi connectivity index (χ3v) is 5.05. The van der Waals surface area contributed by atoms with E-state index in [0.29, 0.717) is 27.1 Å². The van der Waals surface area contributed by atoms with Crippen molar-refractivity contribution >= 4 is 23.2 Å². The van der Waals surface area contributed by atoms with Crippen molar-refractivity contribution in [3.8, 4) is 29.2 Å². The number of aromatic nitrogens is 4. The maximum atomic E-state index is 9.38. The van der Waals surface area contributed by atoms with Crippen LogP contribution in [0, 0.1) is 11.3 Å². The lowest BCUT2D eigenvalue weighted by molar-refractivity contribution is 0.0903. The molecule has 1 aliphatic rings. The summed E-state index contributed by atoms with van der Waals surface area (Å²) in [5.41, 5.74) is 7.56. The Hall–Kier alpha value is -2.66. The van der Waals surface area contributed by atoms with E-state index in [2.05, 4.69) is 21.0 Å². The second kappa shape index (κ2) is 7.16. The highest BCUT2D eigenvalue weighted by molar-refractivity contribution is 6.42. The number of hydrogen-bond acceptors (Lipinski definition) is 6. The van der Waals surface area contributed by atoms with Gasteiger partial charge in [-0.15, -0.1) is 0 Å². The van der Waals surface area contributed by atoms with E-state index < -0.39 is 0 Å². The van der Waals surface area contributed by atoms with Gasteiger partial charge in [0.1, 0.15) is 24.1 Å². The summed E-state index contributed by atoms with van der Waals surface area (Å²) in [6.45, 7) is 0. The van der Waals surface area contributed by atoms with Crippen molar-refractivity contribution in [2.45, 2.75) is 25.0 Å². The number of hydrogen-bond donors (Lipinski definition) is 1. The molecule has 2 N–H and O–H groups in total. The fraction of sp³-hybridized carbons (Fsp3) is 0.222. The first kappa shape index (κ1) is 17.7. The Morgan fingerprint density at radius 1 is 1.22 bits per heavy atom. The van der Waals surface area contributed by atoms with E-state index in [1.807, 2.05) is 6.07 Å². The molecule has 1 fully saturated rings. The first-order valence-electron chi connectivity index (χ1n) is 8.22. The number of halogens is 2. The molecular weight excluding hydrogens is 387 g/mol. The van der Waals surface area contributed by atoms with Crippen LogP contribution in [-0.2, 0) is 0 Å². The van der Waals surface area contributed by atoms with Crippen molar-refractivity contribution in [1.29, 1.82) is 5.26 Å². The number of ether oxygens (including phenoxy) is 1. The van der Waals surface area contributed by atoms with Gasteiger partial charge in [-0.3, -0.25) is 4.57 Å². The highest BCUT2D eigenvalue weighted by atomic mass is 35.5. The summed E-state index contributed by atoms with van der Waals surface area (Å²) in [5, 5.41) is 10.3. The molecule has 0 unspecified atom stereocenters. The molecule has 1 saturated carbocycles. The topological polar surface area (TPSA) is 103 Å². The van der Waals surface area contributed by atoms with Crippen LogP contribution < -0.4 is 10.5 Å². The minimum absolute atomic E-state index is 0.00958. The van der Waals surface area contributed by atoms with Gasteiger partial charge >= 0.3 is 6.01 Å². The summed E-state index contributed by atoms with van der Waals surface area (Å²) in [4.78, 5) is 12.9. The molecule has 0 spiro atoms. The number of rotatable bonds is 4. The predicted octanol–water partition coefficient (Wildman–Crippen LogP) is 3.38. The van der Waals surface area contributed by atoms with Gasteiger partial charge in [-0.05, 0) is 25.0 Å². The minimum Gasteiger partial charge on any atom is -0.460 e. The van der Waals surface area contributed by atoms with E-state index in [4.69, 9.17) is 33.7 Å².